The standard InChI is InChI=1S/C25H31FN2O2S/c1-2-14-27(25(30)19-6-4-3-5-7-19)17-23(29)28-15-12-22-21(13-16-31-22)24(28)18-8-10-20(26)11-9-18/h8-11,13,16,19,24H,2-7,12,14-15,17H2,1H3. The van der Waals surface area contributed by atoms with E-state index in [1.807, 2.05) is 11.8 Å². The minimum Gasteiger partial charge on any atom is -0.333 e. The van der Waals surface area contributed by atoms with Crippen LogP contribution in [0.25, 0.3) is 0 Å². The van der Waals surface area contributed by atoms with Crippen LogP contribution in [0.5, 0.6) is 0 Å². The summed E-state index contributed by atoms with van der Waals surface area (Å²) in [4.78, 5) is 31.6. The number of nitrogens with zero attached hydrogens (tertiary/aromatic N) is 2. The van der Waals surface area contributed by atoms with Crippen LogP contribution in [0.3, 0.4) is 0 Å². The highest BCUT2D eigenvalue weighted by Gasteiger charge is 2.35. The van der Waals surface area contributed by atoms with Gasteiger partial charge >= 0.3 is 0 Å². The molecule has 2 aliphatic rings. The molecule has 0 N–H and O–H groups in total. The smallest absolute Gasteiger partial charge is 0.242 e. The SMILES string of the molecule is CCCN(CC(=O)N1CCc2sccc2C1c1ccc(F)cc1)C(=O)C1CCCCC1. The highest BCUT2D eigenvalue weighted by molar-refractivity contribution is 7.10. The maximum absolute atomic E-state index is 13.5. The monoisotopic (exact) mass is 442 g/mol. The number of amides is 2. The Morgan fingerprint density at radius 1 is 1.13 bits per heavy atom. The number of carbonyl (C=O) groups excluding carboxylic acids is 2. The number of carbonyl (C=O) groups is 2. The average Bonchev–Trinajstić information content (AvgIpc) is 3.28. The average molecular weight is 443 g/mol. The van der Waals surface area contributed by atoms with Crippen molar-refractivity contribution in [3.8, 4) is 0 Å². The lowest BCUT2D eigenvalue weighted by atomic mass is 9.88. The molecule has 4 rings (SSSR count). The molecule has 1 aliphatic carbocycles. The van der Waals surface area contributed by atoms with E-state index in [0.29, 0.717) is 13.1 Å². The molecule has 1 aromatic heterocycles. The highest BCUT2D eigenvalue weighted by Crippen LogP contribution is 2.38. The molecule has 6 heteroatoms. The van der Waals surface area contributed by atoms with Gasteiger partial charge in [0.2, 0.25) is 11.8 Å². The minimum absolute atomic E-state index is 0.0243. The topological polar surface area (TPSA) is 40.6 Å². The first-order chi connectivity index (χ1) is 15.1. The second-order valence-corrected chi connectivity index (χ2v) is 9.69. The summed E-state index contributed by atoms with van der Waals surface area (Å²) in [5, 5.41) is 2.06. The molecule has 1 unspecified atom stereocenters. The number of thiophene rings is 1. The van der Waals surface area contributed by atoms with Crippen LogP contribution in [0, 0.1) is 11.7 Å². The van der Waals surface area contributed by atoms with E-state index in [1.165, 1.54) is 23.4 Å². The van der Waals surface area contributed by atoms with Crippen molar-refractivity contribution in [2.24, 2.45) is 5.92 Å². The summed E-state index contributed by atoms with van der Waals surface area (Å²) in [7, 11) is 0. The number of benzene rings is 1. The molecule has 4 nitrogen and oxygen atoms in total. The molecule has 2 heterocycles. The van der Waals surface area contributed by atoms with Crippen LogP contribution in [0.15, 0.2) is 35.7 Å². The first-order valence-electron chi connectivity index (χ1n) is 11.5. The third-order valence-electron chi connectivity index (χ3n) is 6.56. The van der Waals surface area contributed by atoms with Crippen molar-refractivity contribution in [3.63, 3.8) is 0 Å². The molecular weight excluding hydrogens is 411 g/mol. The van der Waals surface area contributed by atoms with Crippen LogP contribution in [0.2, 0.25) is 0 Å². The van der Waals surface area contributed by atoms with E-state index in [9.17, 15) is 14.0 Å². The van der Waals surface area contributed by atoms with Gasteiger partial charge in [-0.1, -0.05) is 38.3 Å². The number of fused-ring (bicyclic) bond motifs is 1. The molecule has 0 spiro atoms. The van der Waals surface area contributed by atoms with E-state index in [-0.39, 0.29) is 36.1 Å². The van der Waals surface area contributed by atoms with Crippen LogP contribution in [-0.2, 0) is 16.0 Å². The Morgan fingerprint density at radius 3 is 2.58 bits per heavy atom. The molecule has 0 saturated heterocycles. The lowest BCUT2D eigenvalue weighted by Crippen LogP contribution is -2.48. The first kappa shape index (κ1) is 22.0. The van der Waals surface area contributed by atoms with Gasteiger partial charge in [0.05, 0.1) is 12.6 Å². The van der Waals surface area contributed by atoms with Gasteiger partial charge in [-0.15, -0.1) is 11.3 Å². The molecule has 1 aromatic carbocycles. The number of halogens is 1. The molecule has 2 aromatic rings. The van der Waals surface area contributed by atoms with Gasteiger partial charge in [0.1, 0.15) is 5.82 Å². The summed E-state index contributed by atoms with van der Waals surface area (Å²) >= 11 is 1.71. The summed E-state index contributed by atoms with van der Waals surface area (Å²) < 4.78 is 13.5. The lowest BCUT2D eigenvalue weighted by Gasteiger charge is -2.38. The molecule has 166 valence electrons. The number of rotatable bonds is 6. The van der Waals surface area contributed by atoms with Gasteiger partial charge in [-0.2, -0.15) is 0 Å². The van der Waals surface area contributed by atoms with Gasteiger partial charge in [0.25, 0.3) is 0 Å². The molecule has 1 aliphatic heterocycles. The Morgan fingerprint density at radius 2 is 1.87 bits per heavy atom. The minimum atomic E-state index is -0.282. The molecular formula is C25H31FN2O2S. The van der Waals surface area contributed by atoms with Gasteiger partial charge in [-0.3, -0.25) is 9.59 Å². The second-order valence-electron chi connectivity index (χ2n) is 8.69. The van der Waals surface area contributed by atoms with Crippen molar-refractivity contribution in [2.75, 3.05) is 19.6 Å². The molecule has 1 saturated carbocycles. The zero-order valence-corrected chi connectivity index (χ0v) is 19.0. The Kier molecular flexibility index (Phi) is 7.06. The highest BCUT2D eigenvalue weighted by atomic mass is 32.1. The molecule has 0 bridgehead atoms. The van der Waals surface area contributed by atoms with Crippen LogP contribution in [0.4, 0.5) is 4.39 Å². The summed E-state index contributed by atoms with van der Waals surface area (Å²) in [5.41, 5.74) is 2.03. The normalized spacial score (nSPS) is 19.2. The van der Waals surface area contributed by atoms with Crippen molar-refractivity contribution < 1.29 is 14.0 Å². The first-order valence-corrected chi connectivity index (χ1v) is 12.4. The maximum atomic E-state index is 13.5. The Balaban J connectivity index is 1.56. The van der Waals surface area contributed by atoms with Gasteiger partial charge in [0, 0.05) is 23.9 Å². The predicted molar refractivity (Wildman–Crippen MR) is 121 cm³/mol. The largest absolute Gasteiger partial charge is 0.333 e. The van der Waals surface area contributed by atoms with Crippen LogP contribution in [0.1, 0.15) is 67.5 Å². The number of hydrogen-bond donors (Lipinski definition) is 0. The van der Waals surface area contributed by atoms with Crippen LogP contribution < -0.4 is 0 Å². The van der Waals surface area contributed by atoms with Gasteiger partial charge in [-0.25, -0.2) is 4.39 Å². The fourth-order valence-corrected chi connectivity index (χ4v) is 5.89. The lowest BCUT2D eigenvalue weighted by molar-refractivity contribution is -0.144. The van der Waals surface area contributed by atoms with Crippen LogP contribution >= 0.6 is 11.3 Å². The number of hydrogen-bond acceptors (Lipinski definition) is 3. The van der Waals surface area contributed by atoms with E-state index in [0.717, 1.165) is 49.7 Å². The fraction of sp³-hybridized carbons (Fsp3) is 0.520. The molecule has 1 atom stereocenters. The van der Waals surface area contributed by atoms with Crippen molar-refractivity contribution in [1.82, 2.24) is 9.80 Å². The summed E-state index contributed by atoms with van der Waals surface area (Å²) in [6, 6.07) is 8.29. The Labute approximate surface area is 188 Å². The quantitative estimate of drug-likeness (QED) is 0.618. The second kappa shape index (κ2) is 9.94. The molecule has 0 radical (unpaired) electrons. The molecule has 1 fully saturated rings. The Bertz CT molecular complexity index is 905. The summed E-state index contributed by atoms with van der Waals surface area (Å²) in [6.07, 6.45) is 6.93. The van der Waals surface area contributed by atoms with Crippen molar-refractivity contribution >= 4 is 23.2 Å². The van der Waals surface area contributed by atoms with E-state index in [2.05, 4.69) is 11.4 Å². The van der Waals surface area contributed by atoms with Gasteiger partial charge in [-0.05, 0) is 60.4 Å². The maximum Gasteiger partial charge on any atom is 0.242 e. The van der Waals surface area contributed by atoms with Gasteiger partial charge < -0.3 is 9.80 Å². The van der Waals surface area contributed by atoms with Gasteiger partial charge in [0.15, 0.2) is 0 Å². The van der Waals surface area contributed by atoms with Crippen LogP contribution in [-0.4, -0.2) is 41.2 Å². The third-order valence-corrected chi connectivity index (χ3v) is 7.55. The van der Waals surface area contributed by atoms with E-state index in [1.54, 1.807) is 28.4 Å². The fourth-order valence-electron chi connectivity index (χ4n) is 4.99. The van der Waals surface area contributed by atoms with E-state index >= 15 is 0 Å². The molecule has 2 amide bonds. The predicted octanol–water partition coefficient (Wildman–Crippen LogP) is 5.18. The molecule has 31 heavy (non-hydrogen) atoms. The zero-order chi connectivity index (χ0) is 21.8. The summed E-state index contributed by atoms with van der Waals surface area (Å²) in [5.74, 6) is -0.105. The van der Waals surface area contributed by atoms with Crippen molar-refractivity contribution in [2.45, 2.75) is 57.9 Å². The summed E-state index contributed by atoms with van der Waals surface area (Å²) in [6.45, 7) is 3.40. The third kappa shape index (κ3) is 4.84. The Hall–Kier alpha value is -2.21. The van der Waals surface area contributed by atoms with Crippen molar-refractivity contribution in [3.05, 3.63) is 57.5 Å². The van der Waals surface area contributed by atoms with E-state index in [4.69, 9.17) is 0 Å². The van der Waals surface area contributed by atoms with Crippen molar-refractivity contribution in [1.29, 1.82) is 0 Å². The van der Waals surface area contributed by atoms with E-state index < -0.39 is 0 Å². The zero-order valence-electron chi connectivity index (χ0n) is 18.2.